The fourth-order valence-electron chi connectivity index (χ4n) is 3.86. The van der Waals surface area contributed by atoms with Crippen molar-refractivity contribution in [3.8, 4) is 0 Å². The number of hydrogen-bond donors (Lipinski definition) is 0. The van der Waals surface area contributed by atoms with E-state index in [-0.39, 0.29) is 13.2 Å². The first-order valence-corrected chi connectivity index (χ1v) is 11.1. The summed E-state index contributed by atoms with van der Waals surface area (Å²) in [5, 5.41) is 0. The van der Waals surface area contributed by atoms with Crippen molar-refractivity contribution in [3.63, 3.8) is 0 Å². The van der Waals surface area contributed by atoms with E-state index in [0.717, 1.165) is 24.2 Å². The lowest BCUT2D eigenvalue weighted by Gasteiger charge is -2.24. The third-order valence-corrected chi connectivity index (χ3v) is 5.55. The fraction of sp³-hybridized carbons (Fsp3) is 0.652. The Morgan fingerprint density at radius 1 is 1.06 bits per heavy atom. The molecule has 1 aromatic rings. The van der Waals surface area contributed by atoms with Crippen molar-refractivity contribution >= 4 is 11.9 Å². The fourth-order valence-corrected chi connectivity index (χ4v) is 3.86. The average Bonchev–Trinajstić information content (AvgIpc) is 3.21. The molecular formula is C23H31F4NO3. The minimum Gasteiger partial charge on any atom is -0.464 e. The molecule has 0 aromatic heterocycles. The first-order chi connectivity index (χ1) is 14.8. The van der Waals surface area contributed by atoms with Crippen LogP contribution >= 0.6 is 0 Å². The van der Waals surface area contributed by atoms with Crippen LogP contribution in [0, 0.1) is 5.82 Å². The van der Waals surface area contributed by atoms with Gasteiger partial charge in [0.15, 0.2) is 0 Å². The van der Waals surface area contributed by atoms with Gasteiger partial charge in [0.1, 0.15) is 11.9 Å². The Bertz CT molecular complexity index is 736. The second kappa shape index (κ2) is 12.1. The number of unbranched alkanes of at least 4 members (excludes halogenated alkanes) is 7. The number of ether oxygens (including phenoxy) is 1. The lowest BCUT2D eigenvalue weighted by Crippen LogP contribution is -2.42. The summed E-state index contributed by atoms with van der Waals surface area (Å²) in [4.78, 5) is 26.3. The summed E-state index contributed by atoms with van der Waals surface area (Å²) in [7, 11) is 0. The van der Waals surface area contributed by atoms with Crippen LogP contribution in [0.25, 0.3) is 0 Å². The predicted molar refractivity (Wildman–Crippen MR) is 109 cm³/mol. The van der Waals surface area contributed by atoms with E-state index < -0.39 is 41.0 Å². The number of carbonyl (C=O) groups excluding carboxylic acids is 2. The Morgan fingerprint density at radius 3 is 2.35 bits per heavy atom. The number of benzene rings is 1. The van der Waals surface area contributed by atoms with Crippen LogP contribution in [0.15, 0.2) is 18.2 Å². The first kappa shape index (κ1) is 25.1. The molecule has 0 spiro atoms. The van der Waals surface area contributed by atoms with Crippen LogP contribution < -0.4 is 0 Å². The Kier molecular flexibility index (Phi) is 9.78. The number of nitrogens with zero attached hydrogens (tertiary/aromatic N) is 1. The zero-order chi connectivity index (χ0) is 22.9. The molecule has 0 N–H and O–H groups in total. The number of alkyl halides is 3. The van der Waals surface area contributed by atoms with Crippen molar-refractivity contribution in [2.24, 2.45) is 0 Å². The highest BCUT2D eigenvalue weighted by atomic mass is 19.4. The van der Waals surface area contributed by atoms with Crippen LogP contribution in [0.2, 0.25) is 0 Å². The highest BCUT2D eigenvalue weighted by molar-refractivity contribution is 5.98. The second-order valence-electron chi connectivity index (χ2n) is 7.99. The number of carbonyl (C=O) groups is 2. The van der Waals surface area contributed by atoms with Gasteiger partial charge in [-0.15, -0.1) is 0 Å². The predicted octanol–water partition coefficient (Wildman–Crippen LogP) is 6.13. The molecule has 4 nitrogen and oxygen atoms in total. The third kappa shape index (κ3) is 7.51. The molecule has 1 atom stereocenters. The van der Waals surface area contributed by atoms with Gasteiger partial charge in [0, 0.05) is 6.54 Å². The maximum absolute atomic E-state index is 13.6. The molecule has 8 heteroatoms. The molecule has 1 aromatic carbocycles. The zero-order valence-electron chi connectivity index (χ0n) is 18.0. The maximum atomic E-state index is 13.6. The van der Waals surface area contributed by atoms with E-state index in [2.05, 4.69) is 6.92 Å². The van der Waals surface area contributed by atoms with Crippen molar-refractivity contribution in [2.45, 2.75) is 83.4 Å². The Balaban J connectivity index is 1.88. The summed E-state index contributed by atoms with van der Waals surface area (Å²) >= 11 is 0. The van der Waals surface area contributed by atoms with Gasteiger partial charge in [0.2, 0.25) is 0 Å². The monoisotopic (exact) mass is 445 g/mol. The first-order valence-electron chi connectivity index (χ1n) is 11.1. The van der Waals surface area contributed by atoms with Crippen molar-refractivity contribution in [1.29, 1.82) is 0 Å². The third-order valence-electron chi connectivity index (χ3n) is 5.55. The topological polar surface area (TPSA) is 46.6 Å². The molecule has 1 fully saturated rings. The van der Waals surface area contributed by atoms with Crippen LogP contribution in [0.5, 0.6) is 0 Å². The van der Waals surface area contributed by atoms with Crippen LogP contribution in [0.1, 0.15) is 87.1 Å². The number of amides is 1. The SMILES string of the molecule is CCCCCCCCCCOC(=O)C1CCCN1C(=O)c1cc(F)ccc1C(F)(F)F. The standard InChI is InChI=1S/C23H31F4NO3/c1-2-3-4-5-6-7-8-9-15-31-22(30)20-11-10-14-28(20)21(29)18-16-17(24)12-13-19(18)23(25,26)27/h12-13,16,20H,2-11,14-15H2,1H3. The van der Waals surface area contributed by atoms with Gasteiger partial charge >= 0.3 is 12.1 Å². The molecule has 31 heavy (non-hydrogen) atoms. The number of rotatable bonds is 11. The number of likely N-dealkylation sites (tertiary alicyclic amines) is 1. The second-order valence-corrected chi connectivity index (χ2v) is 7.99. The quantitative estimate of drug-likeness (QED) is 0.234. The highest BCUT2D eigenvalue weighted by Gasteiger charge is 2.40. The van der Waals surface area contributed by atoms with E-state index in [9.17, 15) is 27.2 Å². The van der Waals surface area contributed by atoms with Gasteiger partial charge in [-0.3, -0.25) is 4.79 Å². The van der Waals surface area contributed by atoms with E-state index in [4.69, 9.17) is 4.74 Å². The summed E-state index contributed by atoms with van der Waals surface area (Å²) in [5.74, 6) is -2.55. The number of hydrogen-bond acceptors (Lipinski definition) is 3. The number of esters is 1. The minimum absolute atomic E-state index is 0.129. The molecule has 1 aliphatic rings. The molecule has 0 radical (unpaired) electrons. The normalized spacial score (nSPS) is 16.5. The van der Waals surface area contributed by atoms with Gasteiger partial charge in [-0.2, -0.15) is 13.2 Å². The molecule has 0 aliphatic carbocycles. The number of halogens is 4. The Labute approximate surface area is 180 Å². The van der Waals surface area contributed by atoms with E-state index in [1.54, 1.807) is 0 Å². The van der Waals surface area contributed by atoms with Crippen molar-refractivity contribution < 1.29 is 31.9 Å². The van der Waals surface area contributed by atoms with Gasteiger partial charge < -0.3 is 9.64 Å². The Hall–Kier alpha value is -2.12. The maximum Gasteiger partial charge on any atom is 0.417 e. The van der Waals surface area contributed by atoms with Gasteiger partial charge in [0.25, 0.3) is 5.91 Å². The highest BCUT2D eigenvalue weighted by Crippen LogP contribution is 2.34. The zero-order valence-corrected chi connectivity index (χ0v) is 18.0. The minimum atomic E-state index is -4.80. The van der Waals surface area contributed by atoms with E-state index in [1.165, 1.54) is 25.7 Å². The van der Waals surface area contributed by atoms with Crippen molar-refractivity contribution in [1.82, 2.24) is 4.90 Å². The van der Waals surface area contributed by atoms with Crippen LogP contribution in [0.3, 0.4) is 0 Å². The lowest BCUT2D eigenvalue weighted by molar-refractivity contribution is -0.148. The molecule has 1 amide bonds. The smallest absolute Gasteiger partial charge is 0.417 e. The molecule has 1 aliphatic heterocycles. The molecule has 1 saturated heterocycles. The van der Waals surface area contributed by atoms with Gasteiger partial charge in [-0.25, -0.2) is 9.18 Å². The Morgan fingerprint density at radius 2 is 1.71 bits per heavy atom. The summed E-state index contributed by atoms with van der Waals surface area (Å²) in [6.07, 6.45) is 4.73. The molecule has 174 valence electrons. The molecular weight excluding hydrogens is 414 g/mol. The van der Waals surface area contributed by atoms with Gasteiger partial charge in [-0.1, -0.05) is 51.9 Å². The van der Waals surface area contributed by atoms with E-state index in [1.807, 2.05) is 0 Å². The summed E-state index contributed by atoms with van der Waals surface area (Å²) < 4.78 is 58.6. The largest absolute Gasteiger partial charge is 0.464 e. The molecule has 0 saturated carbocycles. The van der Waals surface area contributed by atoms with Crippen molar-refractivity contribution in [3.05, 3.63) is 35.1 Å². The molecule has 1 heterocycles. The summed E-state index contributed by atoms with van der Waals surface area (Å²) in [6.45, 7) is 2.52. The van der Waals surface area contributed by atoms with E-state index in [0.29, 0.717) is 37.5 Å². The average molecular weight is 445 g/mol. The molecule has 0 bridgehead atoms. The summed E-state index contributed by atoms with van der Waals surface area (Å²) in [5.41, 5.74) is -1.99. The van der Waals surface area contributed by atoms with Crippen LogP contribution in [-0.4, -0.2) is 36.0 Å². The lowest BCUT2D eigenvalue weighted by atomic mass is 10.0. The van der Waals surface area contributed by atoms with E-state index >= 15 is 0 Å². The molecule has 1 unspecified atom stereocenters. The summed E-state index contributed by atoms with van der Waals surface area (Å²) in [6, 6.07) is 0.852. The van der Waals surface area contributed by atoms with Gasteiger partial charge in [-0.05, 0) is 37.5 Å². The van der Waals surface area contributed by atoms with Crippen LogP contribution in [0.4, 0.5) is 17.6 Å². The van der Waals surface area contributed by atoms with Gasteiger partial charge in [0.05, 0.1) is 17.7 Å². The molecule has 2 rings (SSSR count). The van der Waals surface area contributed by atoms with Crippen molar-refractivity contribution in [2.75, 3.05) is 13.2 Å². The van der Waals surface area contributed by atoms with Crippen LogP contribution in [-0.2, 0) is 15.7 Å².